The number of nitrogens with zero attached hydrogens (tertiary/aromatic N) is 1. The van der Waals surface area contributed by atoms with Crippen LogP contribution in [0.4, 0.5) is 0 Å². The second kappa shape index (κ2) is 12.0. The molecule has 1 atom stereocenters. The van der Waals surface area contributed by atoms with Gasteiger partial charge in [-0.2, -0.15) is 0 Å². The maximum absolute atomic E-state index is 11.7. The standard InChI is InChI=1S/C30H41NO3Si/c1-23(32)29(24(2)33)19-13-12-14-25-20-21-26(31-25)22-34-35(30(3,4)5,27-15-8-6-9-16-27)28-17-10-7-11-18-28/h6-11,15-18,26,29H,12-14,19-22H2,1-5H3/t26-/m0/s1. The summed E-state index contributed by atoms with van der Waals surface area (Å²) in [5.41, 5.74) is 1.25. The molecule has 0 saturated heterocycles. The number of ketones is 2. The third-order valence-corrected chi connectivity index (χ3v) is 12.2. The van der Waals surface area contributed by atoms with Crippen LogP contribution in [0.3, 0.4) is 0 Å². The highest BCUT2D eigenvalue weighted by Crippen LogP contribution is 2.37. The van der Waals surface area contributed by atoms with Crippen molar-refractivity contribution in [3.63, 3.8) is 0 Å². The molecule has 1 aliphatic rings. The molecular weight excluding hydrogens is 450 g/mol. The lowest BCUT2D eigenvalue weighted by molar-refractivity contribution is -0.130. The fourth-order valence-corrected chi connectivity index (χ4v) is 9.98. The lowest BCUT2D eigenvalue weighted by atomic mass is 9.93. The number of Topliss-reactive ketones (excluding diaryl/α,β-unsaturated/α-hetero) is 2. The van der Waals surface area contributed by atoms with E-state index >= 15 is 0 Å². The summed E-state index contributed by atoms with van der Waals surface area (Å²) in [5, 5.41) is 2.56. The maximum atomic E-state index is 11.7. The molecule has 0 aliphatic carbocycles. The topological polar surface area (TPSA) is 55.7 Å². The number of carbonyl (C=O) groups excluding carboxylic acids is 2. The quantitative estimate of drug-likeness (QED) is 0.223. The largest absolute Gasteiger partial charge is 0.405 e. The van der Waals surface area contributed by atoms with Crippen LogP contribution in [0, 0.1) is 5.92 Å². The monoisotopic (exact) mass is 491 g/mol. The molecule has 0 aromatic heterocycles. The Morgan fingerprint density at radius 1 is 0.943 bits per heavy atom. The Balaban J connectivity index is 1.69. The number of hydrogen-bond acceptors (Lipinski definition) is 4. The first-order valence-corrected chi connectivity index (χ1v) is 14.9. The molecule has 0 bridgehead atoms. The van der Waals surface area contributed by atoms with E-state index in [-0.39, 0.29) is 22.6 Å². The zero-order valence-electron chi connectivity index (χ0n) is 22.0. The summed E-state index contributed by atoms with van der Waals surface area (Å²) in [5.74, 6) is -0.472. The van der Waals surface area contributed by atoms with Crippen molar-refractivity contribution in [1.82, 2.24) is 0 Å². The fourth-order valence-electron chi connectivity index (χ4n) is 5.38. The average molecular weight is 492 g/mol. The predicted octanol–water partition coefficient (Wildman–Crippen LogP) is 5.52. The van der Waals surface area contributed by atoms with Crippen molar-refractivity contribution < 1.29 is 14.0 Å². The van der Waals surface area contributed by atoms with Crippen molar-refractivity contribution in [2.45, 2.75) is 84.2 Å². The molecule has 1 heterocycles. The molecular formula is C30H41NO3Si. The van der Waals surface area contributed by atoms with Gasteiger partial charge in [-0.25, -0.2) is 0 Å². The summed E-state index contributed by atoms with van der Waals surface area (Å²) < 4.78 is 7.07. The Morgan fingerprint density at radius 3 is 1.97 bits per heavy atom. The van der Waals surface area contributed by atoms with Gasteiger partial charge in [0.05, 0.1) is 18.6 Å². The molecule has 2 aromatic rings. The van der Waals surface area contributed by atoms with Crippen molar-refractivity contribution in [2.24, 2.45) is 10.9 Å². The third-order valence-electron chi connectivity index (χ3n) is 7.23. The molecule has 0 saturated carbocycles. The van der Waals surface area contributed by atoms with Gasteiger partial charge in [-0.15, -0.1) is 0 Å². The molecule has 0 N–H and O–H groups in total. The van der Waals surface area contributed by atoms with Crippen molar-refractivity contribution in [1.29, 1.82) is 0 Å². The number of hydrogen-bond donors (Lipinski definition) is 0. The van der Waals surface area contributed by atoms with E-state index in [1.54, 1.807) is 0 Å². The Morgan fingerprint density at radius 2 is 1.49 bits per heavy atom. The smallest absolute Gasteiger partial charge is 0.261 e. The zero-order chi connectivity index (χ0) is 25.5. The zero-order valence-corrected chi connectivity index (χ0v) is 23.0. The minimum atomic E-state index is -2.54. The lowest BCUT2D eigenvalue weighted by Gasteiger charge is -2.43. The second-order valence-corrected chi connectivity index (χ2v) is 15.2. The van der Waals surface area contributed by atoms with Crippen LogP contribution in [0.25, 0.3) is 0 Å². The minimum absolute atomic E-state index is 0.0174. The number of rotatable bonds is 12. The van der Waals surface area contributed by atoms with E-state index in [9.17, 15) is 9.59 Å². The third kappa shape index (κ3) is 6.65. The summed E-state index contributed by atoms with van der Waals surface area (Å²) in [7, 11) is -2.54. The molecule has 0 fully saturated rings. The molecule has 0 amide bonds. The molecule has 0 radical (unpaired) electrons. The van der Waals surface area contributed by atoms with Crippen LogP contribution in [0.15, 0.2) is 65.7 Å². The highest BCUT2D eigenvalue weighted by atomic mass is 28.4. The van der Waals surface area contributed by atoms with Crippen LogP contribution in [0.5, 0.6) is 0 Å². The molecule has 35 heavy (non-hydrogen) atoms. The van der Waals surface area contributed by atoms with Crippen LogP contribution in [-0.4, -0.2) is 38.2 Å². The Kier molecular flexibility index (Phi) is 9.37. The molecule has 188 valence electrons. The van der Waals surface area contributed by atoms with Crippen molar-refractivity contribution in [3.05, 3.63) is 60.7 Å². The highest BCUT2D eigenvalue weighted by molar-refractivity contribution is 6.99. The van der Waals surface area contributed by atoms with Gasteiger partial charge in [0.15, 0.2) is 0 Å². The van der Waals surface area contributed by atoms with Gasteiger partial charge in [0.1, 0.15) is 11.6 Å². The van der Waals surface area contributed by atoms with Crippen LogP contribution >= 0.6 is 0 Å². The number of unbranched alkanes of at least 4 members (excludes halogenated alkanes) is 1. The van der Waals surface area contributed by atoms with Gasteiger partial charge < -0.3 is 4.43 Å². The van der Waals surface area contributed by atoms with Gasteiger partial charge in [-0.3, -0.25) is 14.6 Å². The molecule has 2 aromatic carbocycles. The van der Waals surface area contributed by atoms with Gasteiger partial charge in [0, 0.05) is 5.71 Å². The molecule has 3 rings (SSSR count). The van der Waals surface area contributed by atoms with Crippen LogP contribution in [0.2, 0.25) is 5.04 Å². The number of aliphatic imine (C=N–C) groups is 1. The normalized spacial score (nSPS) is 16.4. The first-order valence-electron chi connectivity index (χ1n) is 13.0. The first kappa shape index (κ1) is 27.2. The SMILES string of the molecule is CC(=O)C(CCCCC1=N[C@H](CO[Si](c2ccccc2)(c2ccccc2)C(C)(C)C)CC1)C(C)=O. The van der Waals surface area contributed by atoms with Crippen LogP contribution in [-0.2, 0) is 14.0 Å². The Labute approximate surface area is 212 Å². The fraction of sp³-hybridized carbons (Fsp3) is 0.500. The van der Waals surface area contributed by atoms with E-state index in [0.29, 0.717) is 13.0 Å². The summed E-state index contributed by atoms with van der Waals surface area (Å²) in [4.78, 5) is 28.3. The van der Waals surface area contributed by atoms with Gasteiger partial charge in [0.2, 0.25) is 0 Å². The molecule has 0 spiro atoms. The lowest BCUT2D eigenvalue weighted by Crippen LogP contribution is -2.67. The average Bonchev–Trinajstić information content (AvgIpc) is 3.27. The van der Waals surface area contributed by atoms with Crippen molar-refractivity contribution in [2.75, 3.05) is 6.61 Å². The van der Waals surface area contributed by atoms with Crippen molar-refractivity contribution >= 4 is 36.0 Å². The van der Waals surface area contributed by atoms with Gasteiger partial charge in [-0.1, -0.05) is 87.9 Å². The minimum Gasteiger partial charge on any atom is -0.405 e. The van der Waals surface area contributed by atoms with E-state index in [4.69, 9.17) is 9.42 Å². The van der Waals surface area contributed by atoms with Gasteiger partial charge in [-0.05, 0) is 61.4 Å². The van der Waals surface area contributed by atoms with Gasteiger partial charge in [0.25, 0.3) is 8.32 Å². The van der Waals surface area contributed by atoms with Crippen LogP contribution < -0.4 is 10.4 Å². The number of carbonyl (C=O) groups is 2. The summed E-state index contributed by atoms with van der Waals surface area (Å²) in [6.45, 7) is 10.6. The molecule has 4 nitrogen and oxygen atoms in total. The van der Waals surface area contributed by atoms with Crippen molar-refractivity contribution in [3.8, 4) is 0 Å². The highest BCUT2D eigenvalue weighted by Gasteiger charge is 2.50. The van der Waals surface area contributed by atoms with E-state index < -0.39 is 14.2 Å². The predicted molar refractivity (Wildman–Crippen MR) is 147 cm³/mol. The van der Waals surface area contributed by atoms with Crippen LogP contribution in [0.1, 0.15) is 73.1 Å². The first-order chi connectivity index (χ1) is 16.6. The summed E-state index contributed by atoms with van der Waals surface area (Å²) in [6.07, 6.45) is 5.48. The summed E-state index contributed by atoms with van der Waals surface area (Å²) >= 11 is 0. The summed E-state index contributed by atoms with van der Waals surface area (Å²) in [6, 6.07) is 21.7. The van der Waals surface area contributed by atoms with E-state index in [2.05, 4.69) is 81.4 Å². The Bertz CT molecular complexity index is 957. The van der Waals surface area contributed by atoms with Gasteiger partial charge >= 0.3 is 0 Å². The van der Waals surface area contributed by atoms with E-state index in [0.717, 1.165) is 32.1 Å². The second-order valence-electron chi connectivity index (χ2n) is 10.9. The van der Waals surface area contributed by atoms with E-state index in [1.807, 2.05) is 0 Å². The molecule has 0 unspecified atom stereocenters. The number of benzene rings is 2. The molecule has 1 aliphatic heterocycles. The van der Waals surface area contributed by atoms with E-state index in [1.165, 1.54) is 29.9 Å². The molecule has 5 heteroatoms. The maximum Gasteiger partial charge on any atom is 0.261 e. The Hall–Kier alpha value is -2.37.